The molecule has 1 saturated carbocycles. The maximum absolute atomic E-state index is 12.1. The second-order valence-corrected chi connectivity index (χ2v) is 6.92. The summed E-state index contributed by atoms with van der Waals surface area (Å²) >= 11 is 1.30. The molecule has 0 amide bonds. The fourth-order valence-electron chi connectivity index (χ4n) is 1.62. The molecule has 0 bridgehead atoms. The average molecular weight is 296 g/mol. The van der Waals surface area contributed by atoms with Gasteiger partial charge in [0, 0.05) is 17.5 Å². The van der Waals surface area contributed by atoms with E-state index in [1.54, 1.807) is 0 Å². The Balaban J connectivity index is 1.81. The number of nitrogen functional groups attached to an aromatic ring is 1. The molecule has 6 nitrogen and oxygen atoms in total. The van der Waals surface area contributed by atoms with E-state index in [4.69, 9.17) is 5.73 Å². The van der Waals surface area contributed by atoms with Crippen LogP contribution in [0.25, 0.3) is 0 Å². The highest BCUT2D eigenvalue weighted by molar-refractivity contribution is 7.93. The fraction of sp³-hybridized carbons (Fsp3) is 0.273. The first-order valence-electron chi connectivity index (χ1n) is 5.74. The van der Waals surface area contributed by atoms with Crippen molar-refractivity contribution in [2.45, 2.75) is 23.7 Å². The number of aromatic nitrogens is 2. The number of nitrogens with zero attached hydrogens (tertiary/aromatic N) is 2. The van der Waals surface area contributed by atoms with Crippen molar-refractivity contribution in [1.82, 2.24) is 9.97 Å². The number of rotatable bonds is 4. The van der Waals surface area contributed by atoms with Crippen LogP contribution in [-0.2, 0) is 10.0 Å². The van der Waals surface area contributed by atoms with Crippen molar-refractivity contribution in [2.75, 3.05) is 10.5 Å². The maximum atomic E-state index is 12.1. The van der Waals surface area contributed by atoms with Crippen molar-refractivity contribution in [3.8, 4) is 0 Å². The van der Waals surface area contributed by atoms with E-state index in [-0.39, 0.29) is 10.7 Å². The predicted octanol–water partition coefficient (Wildman–Crippen LogP) is 1.80. The van der Waals surface area contributed by atoms with Crippen LogP contribution in [0.2, 0.25) is 0 Å². The molecule has 0 aromatic carbocycles. The molecular formula is C11H12N4O2S2. The third kappa shape index (κ3) is 2.69. The number of thiazole rings is 1. The van der Waals surface area contributed by atoms with Gasteiger partial charge in [0.1, 0.15) is 10.7 Å². The first-order chi connectivity index (χ1) is 9.04. The monoisotopic (exact) mass is 296 g/mol. The maximum Gasteiger partial charge on any atom is 0.265 e. The van der Waals surface area contributed by atoms with E-state index < -0.39 is 10.0 Å². The molecule has 1 fully saturated rings. The van der Waals surface area contributed by atoms with Gasteiger partial charge in [0.25, 0.3) is 10.0 Å². The smallest absolute Gasteiger partial charge is 0.265 e. The van der Waals surface area contributed by atoms with Gasteiger partial charge in [-0.3, -0.25) is 4.72 Å². The Morgan fingerprint density at radius 1 is 1.37 bits per heavy atom. The predicted molar refractivity (Wildman–Crippen MR) is 73.5 cm³/mol. The lowest BCUT2D eigenvalue weighted by molar-refractivity contribution is 0.601. The molecule has 8 heteroatoms. The molecule has 0 aliphatic heterocycles. The summed E-state index contributed by atoms with van der Waals surface area (Å²) < 4.78 is 26.6. The van der Waals surface area contributed by atoms with Crippen molar-refractivity contribution >= 4 is 32.3 Å². The van der Waals surface area contributed by atoms with Crippen LogP contribution in [-0.4, -0.2) is 18.4 Å². The zero-order valence-electron chi connectivity index (χ0n) is 9.91. The van der Waals surface area contributed by atoms with Crippen molar-refractivity contribution in [1.29, 1.82) is 0 Å². The highest BCUT2D eigenvalue weighted by Gasteiger charge is 2.26. The van der Waals surface area contributed by atoms with Crippen molar-refractivity contribution in [2.24, 2.45) is 0 Å². The van der Waals surface area contributed by atoms with E-state index in [1.807, 2.05) is 5.38 Å². The molecule has 2 aromatic heterocycles. The Morgan fingerprint density at radius 3 is 2.79 bits per heavy atom. The van der Waals surface area contributed by atoms with Gasteiger partial charge >= 0.3 is 0 Å². The summed E-state index contributed by atoms with van der Waals surface area (Å²) in [7, 11) is -3.64. The van der Waals surface area contributed by atoms with E-state index in [1.165, 1.54) is 29.7 Å². The largest absolute Gasteiger partial charge is 0.384 e. The lowest BCUT2D eigenvalue weighted by atomic mass is 10.3. The van der Waals surface area contributed by atoms with Gasteiger partial charge in [0.05, 0.1) is 5.69 Å². The van der Waals surface area contributed by atoms with Gasteiger partial charge in [-0.15, -0.1) is 11.3 Å². The summed E-state index contributed by atoms with van der Waals surface area (Å²) in [4.78, 5) is 8.13. The Morgan fingerprint density at radius 2 is 2.16 bits per heavy atom. The van der Waals surface area contributed by atoms with Crippen LogP contribution in [0.3, 0.4) is 0 Å². The van der Waals surface area contributed by atoms with Gasteiger partial charge in [-0.1, -0.05) is 0 Å². The number of nitrogens with two attached hydrogens (primary N) is 1. The molecule has 2 aromatic rings. The first-order valence-corrected chi connectivity index (χ1v) is 8.11. The zero-order chi connectivity index (χ0) is 13.5. The topological polar surface area (TPSA) is 98.0 Å². The van der Waals surface area contributed by atoms with Crippen LogP contribution in [0.4, 0.5) is 10.9 Å². The summed E-state index contributed by atoms with van der Waals surface area (Å²) in [5.74, 6) is 0.789. The Labute approximate surface area is 114 Å². The van der Waals surface area contributed by atoms with Crippen molar-refractivity contribution in [3.63, 3.8) is 0 Å². The second-order valence-electron chi connectivity index (χ2n) is 4.38. The van der Waals surface area contributed by atoms with Gasteiger partial charge in [-0.05, 0) is 25.0 Å². The molecule has 0 unspecified atom stereocenters. The van der Waals surface area contributed by atoms with Crippen molar-refractivity contribution < 1.29 is 8.42 Å². The summed E-state index contributed by atoms with van der Waals surface area (Å²) in [5.41, 5.74) is 6.40. The van der Waals surface area contributed by atoms with Crippen molar-refractivity contribution in [3.05, 3.63) is 29.4 Å². The number of hydrogen-bond donors (Lipinski definition) is 2. The molecule has 2 heterocycles. The third-order valence-electron chi connectivity index (χ3n) is 2.81. The molecule has 0 saturated heterocycles. The summed E-state index contributed by atoms with van der Waals surface area (Å²) in [6.07, 6.45) is 3.50. The molecule has 3 N–H and O–H groups in total. The Bertz CT molecular complexity index is 690. The first kappa shape index (κ1) is 12.4. The van der Waals surface area contributed by atoms with E-state index in [0.717, 1.165) is 18.5 Å². The van der Waals surface area contributed by atoms with Gasteiger partial charge in [-0.25, -0.2) is 18.4 Å². The number of nitrogens with one attached hydrogen (secondary N) is 1. The lowest BCUT2D eigenvalue weighted by Crippen LogP contribution is -2.13. The minimum absolute atomic E-state index is 0.0740. The van der Waals surface area contributed by atoms with Crippen LogP contribution in [0.1, 0.15) is 24.5 Å². The highest BCUT2D eigenvalue weighted by Crippen LogP contribution is 2.41. The number of pyridine rings is 1. The highest BCUT2D eigenvalue weighted by atomic mass is 32.2. The molecule has 19 heavy (non-hydrogen) atoms. The van der Waals surface area contributed by atoms with Crippen LogP contribution in [0.5, 0.6) is 0 Å². The van der Waals surface area contributed by atoms with Crippen LogP contribution < -0.4 is 10.5 Å². The van der Waals surface area contributed by atoms with Gasteiger partial charge in [0.2, 0.25) is 0 Å². The minimum Gasteiger partial charge on any atom is -0.384 e. The normalized spacial score (nSPS) is 15.4. The van der Waals surface area contributed by atoms with Crippen LogP contribution in [0.15, 0.2) is 28.6 Å². The zero-order valence-corrected chi connectivity index (χ0v) is 11.5. The Hall–Kier alpha value is -1.67. The third-order valence-corrected chi connectivity index (χ3v) is 5.04. The molecule has 0 radical (unpaired) electrons. The number of sulfonamides is 1. The molecule has 1 aliphatic carbocycles. The Kier molecular flexibility index (Phi) is 2.90. The fourth-order valence-corrected chi connectivity index (χ4v) is 3.61. The van der Waals surface area contributed by atoms with Gasteiger partial charge in [-0.2, -0.15) is 0 Å². The average Bonchev–Trinajstić information content (AvgIpc) is 3.11. The van der Waals surface area contributed by atoms with E-state index in [9.17, 15) is 8.42 Å². The minimum atomic E-state index is -3.64. The van der Waals surface area contributed by atoms with E-state index >= 15 is 0 Å². The van der Waals surface area contributed by atoms with Crippen LogP contribution in [0, 0.1) is 0 Å². The molecule has 0 spiro atoms. The standard InChI is InChI=1S/C11H12N4O2S2/c12-10-4-3-8(5-13-10)19(16,17)15-11-14-9(6-18-11)7-1-2-7/h3-7H,1-2H2,(H2,12,13)(H,14,15). The summed E-state index contributed by atoms with van der Waals surface area (Å²) in [6, 6.07) is 2.87. The second kappa shape index (κ2) is 4.46. The van der Waals surface area contributed by atoms with Gasteiger partial charge in [0.15, 0.2) is 5.13 Å². The van der Waals surface area contributed by atoms with Gasteiger partial charge < -0.3 is 5.73 Å². The SMILES string of the molecule is Nc1ccc(S(=O)(=O)Nc2nc(C3CC3)cs2)cn1. The van der Waals surface area contributed by atoms with E-state index in [2.05, 4.69) is 14.7 Å². The quantitative estimate of drug-likeness (QED) is 0.896. The lowest BCUT2D eigenvalue weighted by Gasteiger charge is -2.04. The molecule has 3 rings (SSSR count). The number of hydrogen-bond acceptors (Lipinski definition) is 6. The molecule has 1 aliphatic rings. The number of anilines is 2. The molecule has 100 valence electrons. The summed E-state index contributed by atoms with van der Waals surface area (Å²) in [6.45, 7) is 0. The summed E-state index contributed by atoms with van der Waals surface area (Å²) in [5, 5.41) is 2.29. The van der Waals surface area contributed by atoms with Crippen LogP contribution >= 0.6 is 11.3 Å². The molecular weight excluding hydrogens is 284 g/mol. The van der Waals surface area contributed by atoms with E-state index in [0.29, 0.717) is 11.0 Å². The molecule has 0 atom stereocenters.